The first kappa shape index (κ1) is 10.6. The largest absolute Gasteiger partial charge is 0.507 e. The van der Waals surface area contributed by atoms with E-state index in [1.165, 1.54) is 0 Å². The summed E-state index contributed by atoms with van der Waals surface area (Å²) >= 11 is 0. The highest BCUT2D eigenvalue weighted by molar-refractivity contribution is 6.04. The van der Waals surface area contributed by atoms with E-state index in [-0.39, 0.29) is 11.3 Å². The minimum Gasteiger partial charge on any atom is -0.507 e. The summed E-state index contributed by atoms with van der Waals surface area (Å²) in [5.74, 6) is -0.701. The molecule has 3 N–H and O–H groups in total. The Bertz CT molecular complexity index is 778. The predicted molar refractivity (Wildman–Crippen MR) is 71.6 cm³/mol. The molecule has 18 heavy (non-hydrogen) atoms. The Hall–Kier alpha value is -2.55. The number of aromatic hydroxyl groups is 1. The fourth-order valence-corrected chi connectivity index (χ4v) is 2.18. The molecule has 0 fully saturated rings. The highest BCUT2D eigenvalue weighted by Crippen LogP contribution is 2.28. The zero-order chi connectivity index (χ0) is 12.7. The van der Waals surface area contributed by atoms with E-state index >= 15 is 0 Å². The minimum atomic E-state index is -0.623. The second-order valence-corrected chi connectivity index (χ2v) is 4.28. The minimum absolute atomic E-state index is 0.0784. The van der Waals surface area contributed by atoms with Crippen molar-refractivity contribution in [2.24, 2.45) is 5.73 Å². The third-order valence-corrected chi connectivity index (χ3v) is 3.08. The molecule has 0 heterocycles. The van der Waals surface area contributed by atoms with Crippen LogP contribution < -0.4 is 5.73 Å². The van der Waals surface area contributed by atoms with Crippen molar-refractivity contribution >= 4 is 27.5 Å². The van der Waals surface area contributed by atoms with Gasteiger partial charge in [-0.15, -0.1) is 0 Å². The maximum Gasteiger partial charge on any atom is 0.252 e. The van der Waals surface area contributed by atoms with Crippen molar-refractivity contribution in [1.29, 1.82) is 0 Å². The van der Waals surface area contributed by atoms with Gasteiger partial charge in [-0.25, -0.2) is 0 Å². The van der Waals surface area contributed by atoms with Gasteiger partial charge in [0.1, 0.15) is 5.75 Å². The van der Waals surface area contributed by atoms with E-state index in [2.05, 4.69) is 0 Å². The number of hydrogen-bond donors (Lipinski definition) is 2. The molecule has 3 heteroatoms. The van der Waals surface area contributed by atoms with Crippen molar-refractivity contribution in [2.45, 2.75) is 0 Å². The van der Waals surface area contributed by atoms with Crippen LogP contribution >= 0.6 is 0 Å². The number of carbonyl (C=O) groups excluding carboxylic acids is 1. The Kier molecular flexibility index (Phi) is 2.20. The zero-order valence-corrected chi connectivity index (χ0v) is 9.55. The zero-order valence-electron chi connectivity index (χ0n) is 9.55. The van der Waals surface area contributed by atoms with E-state index in [1.807, 2.05) is 36.4 Å². The van der Waals surface area contributed by atoms with E-state index in [0.717, 1.165) is 21.5 Å². The van der Waals surface area contributed by atoms with Crippen LogP contribution in [-0.4, -0.2) is 11.0 Å². The van der Waals surface area contributed by atoms with Gasteiger partial charge in [0.05, 0.1) is 5.56 Å². The lowest BCUT2D eigenvalue weighted by atomic mass is 10.0. The van der Waals surface area contributed by atoms with Gasteiger partial charge in [-0.1, -0.05) is 24.3 Å². The number of hydrogen-bond acceptors (Lipinski definition) is 2. The van der Waals surface area contributed by atoms with Gasteiger partial charge in [-0.05, 0) is 45.8 Å². The van der Waals surface area contributed by atoms with Gasteiger partial charge in [0.2, 0.25) is 0 Å². The third kappa shape index (κ3) is 1.57. The summed E-state index contributed by atoms with van der Waals surface area (Å²) in [5.41, 5.74) is 5.37. The van der Waals surface area contributed by atoms with E-state index in [9.17, 15) is 9.90 Å². The first-order valence-corrected chi connectivity index (χ1v) is 5.60. The van der Waals surface area contributed by atoms with E-state index < -0.39 is 5.91 Å². The molecule has 3 aromatic rings. The SMILES string of the molecule is NC(=O)c1cc2cc3ccccc3cc2cc1O. The lowest BCUT2D eigenvalue weighted by molar-refractivity contribution is 0.0998. The van der Waals surface area contributed by atoms with Crippen LogP contribution in [0.2, 0.25) is 0 Å². The fraction of sp³-hybridized carbons (Fsp3) is 0. The van der Waals surface area contributed by atoms with Gasteiger partial charge < -0.3 is 10.8 Å². The van der Waals surface area contributed by atoms with Gasteiger partial charge in [0, 0.05) is 0 Å². The first-order valence-electron chi connectivity index (χ1n) is 5.60. The van der Waals surface area contributed by atoms with Crippen LogP contribution in [0.5, 0.6) is 5.75 Å². The summed E-state index contributed by atoms with van der Waals surface area (Å²) in [5, 5.41) is 13.7. The van der Waals surface area contributed by atoms with Gasteiger partial charge in [0.25, 0.3) is 5.91 Å². The molecule has 3 rings (SSSR count). The molecule has 0 atom stereocenters. The van der Waals surface area contributed by atoms with Gasteiger partial charge >= 0.3 is 0 Å². The summed E-state index contributed by atoms with van der Waals surface area (Å²) in [4.78, 5) is 11.2. The lowest BCUT2D eigenvalue weighted by Crippen LogP contribution is -2.10. The number of fused-ring (bicyclic) bond motifs is 2. The number of primary amides is 1. The standard InChI is InChI=1S/C15H11NO2/c16-15(18)13-7-11-5-9-3-1-2-4-10(9)6-12(11)8-14(13)17/h1-8,17H,(H2,16,18). The normalized spacial score (nSPS) is 10.9. The Morgan fingerprint density at radius 1 is 0.889 bits per heavy atom. The van der Waals surface area contributed by atoms with Crippen molar-refractivity contribution in [3.63, 3.8) is 0 Å². The Morgan fingerprint density at radius 2 is 1.44 bits per heavy atom. The molecule has 0 aliphatic heterocycles. The highest BCUT2D eigenvalue weighted by Gasteiger charge is 2.09. The second kappa shape index (κ2) is 3.74. The summed E-state index contributed by atoms with van der Waals surface area (Å²) in [6.45, 7) is 0. The molecule has 0 aliphatic rings. The molecule has 3 aromatic carbocycles. The molecule has 0 radical (unpaired) electrons. The monoisotopic (exact) mass is 237 g/mol. The van der Waals surface area contributed by atoms with Crippen LogP contribution in [0, 0.1) is 0 Å². The van der Waals surface area contributed by atoms with Crippen LogP contribution in [0.1, 0.15) is 10.4 Å². The Morgan fingerprint density at radius 3 is 2.00 bits per heavy atom. The molecule has 0 aliphatic carbocycles. The van der Waals surface area contributed by atoms with E-state index in [4.69, 9.17) is 5.73 Å². The van der Waals surface area contributed by atoms with Crippen LogP contribution in [0.25, 0.3) is 21.5 Å². The van der Waals surface area contributed by atoms with Gasteiger partial charge in [0.15, 0.2) is 0 Å². The number of nitrogens with two attached hydrogens (primary N) is 1. The number of benzene rings is 3. The lowest BCUT2D eigenvalue weighted by Gasteiger charge is -2.06. The quantitative estimate of drug-likeness (QED) is 0.639. The molecule has 3 nitrogen and oxygen atoms in total. The fourth-order valence-electron chi connectivity index (χ4n) is 2.18. The van der Waals surface area contributed by atoms with E-state index in [1.54, 1.807) is 12.1 Å². The summed E-state index contributed by atoms with van der Waals surface area (Å²) in [6.07, 6.45) is 0. The first-order chi connectivity index (χ1) is 8.65. The van der Waals surface area contributed by atoms with Gasteiger partial charge in [-0.2, -0.15) is 0 Å². The molecule has 0 saturated heterocycles. The smallest absolute Gasteiger partial charge is 0.252 e. The van der Waals surface area contributed by atoms with Crippen molar-refractivity contribution in [1.82, 2.24) is 0 Å². The van der Waals surface area contributed by atoms with Crippen LogP contribution in [-0.2, 0) is 0 Å². The molecular weight excluding hydrogens is 226 g/mol. The van der Waals surface area contributed by atoms with Crippen LogP contribution in [0.4, 0.5) is 0 Å². The Labute approximate surface area is 103 Å². The molecule has 0 aromatic heterocycles. The average Bonchev–Trinajstić information content (AvgIpc) is 2.35. The van der Waals surface area contributed by atoms with Crippen molar-refractivity contribution in [3.05, 3.63) is 54.1 Å². The summed E-state index contributed by atoms with van der Waals surface area (Å²) in [7, 11) is 0. The average molecular weight is 237 g/mol. The maximum absolute atomic E-state index is 11.2. The Balaban J connectivity index is 2.40. The molecule has 1 amide bonds. The highest BCUT2D eigenvalue weighted by atomic mass is 16.3. The van der Waals surface area contributed by atoms with Crippen LogP contribution in [0.15, 0.2) is 48.5 Å². The molecule has 0 saturated carbocycles. The molecule has 0 spiro atoms. The third-order valence-electron chi connectivity index (χ3n) is 3.08. The number of amides is 1. The predicted octanol–water partition coefficient (Wildman–Crippen LogP) is 2.80. The van der Waals surface area contributed by atoms with Crippen LogP contribution in [0.3, 0.4) is 0 Å². The summed E-state index contributed by atoms with van der Waals surface area (Å²) in [6, 6.07) is 15.1. The van der Waals surface area contributed by atoms with E-state index in [0.29, 0.717) is 0 Å². The molecular formula is C15H11NO2. The van der Waals surface area contributed by atoms with Crippen molar-refractivity contribution in [3.8, 4) is 5.75 Å². The molecule has 0 bridgehead atoms. The number of phenols is 1. The van der Waals surface area contributed by atoms with Gasteiger partial charge in [-0.3, -0.25) is 4.79 Å². The molecule has 0 unspecified atom stereocenters. The van der Waals surface area contributed by atoms with Crippen molar-refractivity contribution in [2.75, 3.05) is 0 Å². The number of carbonyl (C=O) groups is 1. The van der Waals surface area contributed by atoms with Crippen molar-refractivity contribution < 1.29 is 9.90 Å². The summed E-state index contributed by atoms with van der Waals surface area (Å²) < 4.78 is 0. The topological polar surface area (TPSA) is 63.3 Å². The molecule has 88 valence electrons. The second-order valence-electron chi connectivity index (χ2n) is 4.28. The maximum atomic E-state index is 11.2. The number of rotatable bonds is 1.